The van der Waals surface area contributed by atoms with E-state index in [-0.39, 0.29) is 24.1 Å². The van der Waals surface area contributed by atoms with Crippen LogP contribution < -0.4 is 16.0 Å². The number of carbonyl (C=O) groups excluding carboxylic acids is 1. The summed E-state index contributed by atoms with van der Waals surface area (Å²) in [5, 5.41) is 3.01. The summed E-state index contributed by atoms with van der Waals surface area (Å²) in [5.74, 6) is 1.15. The average molecular weight is 377 g/mol. The molecule has 0 saturated carbocycles. The van der Waals surface area contributed by atoms with Crippen molar-refractivity contribution in [1.29, 1.82) is 0 Å². The number of hydrogen-bond acceptors (Lipinski definition) is 6. The van der Waals surface area contributed by atoms with Gasteiger partial charge in [-0.2, -0.15) is 0 Å². The van der Waals surface area contributed by atoms with Crippen LogP contribution >= 0.6 is 0 Å². The highest BCUT2D eigenvalue weighted by Crippen LogP contribution is 2.27. The number of hydrogen-bond donors (Lipinski definition) is 2. The predicted molar refractivity (Wildman–Crippen MR) is 105 cm³/mol. The van der Waals surface area contributed by atoms with Gasteiger partial charge < -0.3 is 25.4 Å². The molecule has 1 aromatic rings. The topological polar surface area (TPSA) is 89.7 Å². The van der Waals surface area contributed by atoms with Gasteiger partial charge in [-0.05, 0) is 51.7 Å². The smallest absolute Gasteiger partial charge is 0.407 e. The van der Waals surface area contributed by atoms with Crippen LogP contribution in [0.3, 0.4) is 0 Å². The molecule has 0 aromatic carbocycles. The van der Waals surface area contributed by atoms with E-state index in [1.54, 1.807) is 7.11 Å². The number of nitrogens with two attached hydrogens (primary N) is 1. The fraction of sp³-hybridized carbons (Fsp3) is 0.700. The number of ether oxygens (including phenoxy) is 2. The Balaban J connectivity index is 1.69. The molecule has 2 aliphatic rings. The van der Waals surface area contributed by atoms with Crippen LogP contribution in [0.4, 0.5) is 10.6 Å². The molecule has 0 unspecified atom stereocenters. The maximum Gasteiger partial charge on any atom is 0.407 e. The Bertz CT molecular complexity index is 674. The molecule has 27 heavy (non-hydrogen) atoms. The molecule has 7 nitrogen and oxygen atoms in total. The first-order valence-electron chi connectivity index (χ1n) is 9.73. The maximum atomic E-state index is 12.2. The van der Waals surface area contributed by atoms with Gasteiger partial charge in [0.2, 0.25) is 0 Å². The lowest BCUT2D eigenvalue weighted by molar-refractivity contribution is 0.0480. The summed E-state index contributed by atoms with van der Waals surface area (Å²) in [6.07, 6.45) is 2.43. The Morgan fingerprint density at radius 1 is 1.37 bits per heavy atom. The van der Waals surface area contributed by atoms with E-state index >= 15 is 0 Å². The molecule has 1 fully saturated rings. The monoisotopic (exact) mass is 376 g/mol. The largest absolute Gasteiger partial charge is 0.444 e. The summed E-state index contributed by atoms with van der Waals surface area (Å²) < 4.78 is 10.8. The molecule has 7 heteroatoms. The van der Waals surface area contributed by atoms with E-state index in [4.69, 9.17) is 20.2 Å². The summed E-state index contributed by atoms with van der Waals surface area (Å²) in [6, 6.07) is 4.42. The number of amides is 1. The van der Waals surface area contributed by atoms with Gasteiger partial charge in [-0.1, -0.05) is 6.07 Å². The molecule has 3 atom stereocenters. The number of pyridine rings is 1. The number of nitrogens with zero attached hydrogens (tertiary/aromatic N) is 2. The Hall–Kier alpha value is -1.86. The van der Waals surface area contributed by atoms with E-state index in [1.165, 1.54) is 5.56 Å². The van der Waals surface area contributed by atoms with Crippen molar-refractivity contribution in [3.63, 3.8) is 0 Å². The van der Waals surface area contributed by atoms with Crippen molar-refractivity contribution in [3.05, 3.63) is 23.4 Å². The standard InChI is InChI=1S/C20H32N4O3/c1-20(2,3)27-19(25)23-17-11-24(10-14(17)12-26-4)18-8-5-13-9-15(21)6-7-16(13)22-18/h5,8,14-15,17H,6-7,9-12,21H2,1-4H3,(H,23,25)/t14-,15+,17-/m1/s1. The summed E-state index contributed by atoms with van der Waals surface area (Å²) in [5.41, 5.74) is 7.96. The van der Waals surface area contributed by atoms with Crippen LogP contribution in [0.25, 0.3) is 0 Å². The van der Waals surface area contributed by atoms with Gasteiger partial charge in [0.25, 0.3) is 0 Å². The molecule has 1 aliphatic heterocycles. The third-order valence-electron chi connectivity index (χ3n) is 5.14. The second-order valence-corrected chi connectivity index (χ2v) is 8.65. The van der Waals surface area contributed by atoms with Gasteiger partial charge in [0.15, 0.2) is 0 Å². The number of carbonyl (C=O) groups is 1. The molecule has 0 spiro atoms. The molecule has 3 N–H and O–H groups in total. The summed E-state index contributed by atoms with van der Waals surface area (Å²) in [7, 11) is 1.69. The minimum atomic E-state index is -0.514. The van der Waals surface area contributed by atoms with E-state index in [0.717, 1.165) is 37.3 Å². The molecule has 3 rings (SSSR count). The molecule has 1 aromatic heterocycles. The van der Waals surface area contributed by atoms with Crippen molar-refractivity contribution in [3.8, 4) is 0 Å². The van der Waals surface area contributed by atoms with E-state index < -0.39 is 5.60 Å². The number of nitrogens with one attached hydrogen (secondary N) is 1. The highest BCUT2D eigenvalue weighted by atomic mass is 16.6. The summed E-state index contributed by atoms with van der Waals surface area (Å²) in [4.78, 5) is 19.3. The normalized spacial score (nSPS) is 25.2. The number of aryl methyl sites for hydroxylation is 1. The third-order valence-corrected chi connectivity index (χ3v) is 5.14. The Morgan fingerprint density at radius 2 is 2.15 bits per heavy atom. The van der Waals surface area contributed by atoms with Gasteiger partial charge in [0.05, 0.1) is 12.6 Å². The van der Waals surface area contributed by atoms with Crippen molar-refractivity contribution in [2.24, 2.45) is 11.7 Å². The number of alkyl carbamates (subject to hydrolysis) is 1. The van der Waals surface area contributed by atoms with Crippen LogP contribution in [-0.2, 0) is 22.3 Å². The zero-order valence-corrected chi connectivity index (χ0v) is 16.8. The molecule has 1 amide bonds. The lowest BCUT2D eigenvalue weighted by atomic mass is 9.92. The van der Waals surface area contributed by atoms with Gasteiger partial charge >= 0.3 is 6.09 Å². The minimum absolute atomic E-state index is 0.0361. The van der Waals surface area contributed by atoms with Crippen LogP contribution in [-0.4, -0.2) is 55.6 Å². The predicted octanol–water partition coefficient (Wildman–Crippen LogP) is 1.87. The van der Waals surface area contributed by atoms with E-state index in [2.05, 4.69) is 22.3 Å². The van der Waals surface area contributed by atoms with E-state index in [1.807, 2.05) is 20.8 Å². The van der Waals surface area contributed by atoms with Crippen molar-refractivity contribution in [2.45, 2.75) is 57.7 Å². The number of rotatable bonds is 4. The van der Waals surface area contributed by atoms with Crippen molar-refractivity contribution in [1.82, 2.24) is 10.3 Å². The quantitative estimate of drug-likeness (QED) is 0.834. The molecule has 1 saturated heterocycles. The second-order valence-electron chi connectivity index (χ2n) is 8.65. The van der Waals surface area contributed by atoms with E-state index in [9.17, 15) is 4.79 Å². The number of methoxy groups -OCH3 is 1. The Kier molecular flexibility index (Phi) is 5.91. The van der Waals surface area contributed by atoms with Crippen molar-refractivity contribution in [2.75, 3.05) is 31.7 Å². The van der Waals surface area contributed by atoms with Gasteiger partial charge in [-0.25, -0.2) is 9.78 Å². The van der Waals surface area contributed by atoms with Crippen LogP contribution in [0.2, 0.25) is 0 Å². The fourth-order valence-corrected chi connectivity index (χ4v) is 3.87. The number of fused-ring (bicyclic) bond motifs is 1. The lowest BCUT2D eigenvalue weighted by Crippen LogP contribution is -2.44. The molecule has 0 radical (unpaired) electrons. The molecule has 0 bridgehead atoms. The lowest BCUT2D eigenvalue weighted by Gasteiger charge is -2.24. The summed E-state index contributed by atoms with van der Waals surface area (Å²) >= 11 is 0. The molecule has 1 aliphatic carbocycles. The highest BCUT2D eigenvalue weighted by molar-refractivity contribution is 5.68. The zero-order valence-electron chi connectivity index (χ0n) is 16.8. The molecular weight excluding hydrogens is 344 g/mol. The number of aromatic nitrogens is 1. The highest BCUT2D eigenvalue weighted by Gasteiger charge is 2.35. The zero-order chi connectivity index (χ0) is 19.6. The van der Waals surface area contributed by atoms with Gasteiger partial charge in [0.1, 0.15) is 11.4 Å². The third kappa shape index (κ3) is 5.11. The van der Waals surface area contributed by atoms with Crippen molar-refractivity contribution >= 4 is 11.9 Å². The average Bonchev–Trinajstić information content (AvgIpc) is 2.95. The first-order valence-corrected chi connectivity index (χ1v) is 9.73. The van der Waals surface area contributed by atoms with Gasteiger partial charge in [-0.15, -0.1) is 0 Å². The first-order chi connectivity index (χ1) is 12.7. The van der Waals surface area contributed by atoms with Gasteiger partial charge in [0, 0.05) is 37.9 Å². The van der Waals surface area contributed by atoms with Crippen LogP contribution in [0.15, 0.2) is 12.1 Å². The SMILES string of the molecule is COC[C@H]1CN(c2ccc3c(n2)CC[C@H](N)C3)C[C@H]1NC(=O)OC(C)(C)C. The van der Waals surface area contributed by atoms with Crippen molar-refractivity contribution < 1.29 is 14.3 Å². The molecule has 150 valence electrons. The molecular formula is C20H32N4O3. The number of anilines is 1. The Labute approximate surface area is 161 Å². The Morgan fingerprint density at radius 3 is 2.85 bits per heavy atom. The minimum Gasteiger partial charge on any atom is -0.444 e. The van der Waals surface area contributed by atoms with Crippen LogP contribution in [0, 0.1) is 5.92 Å². The van der Waals surface area contributed by atoms with Crippen LogP contribution in [0.5, 0.6) is 0 Å². The van der Waals surface area contributed by atoms with Crippen LogP contribution in [0.1, 0.15) is 38.4 Å². The molecule has 2 heterocycles. The summed E-state index contributed by atoms with van der Waals surface area (Å²) in [6.45, 7) is 7.66. The van der Waals surface area contributed by atoms with E-state index in [0.29, 0.717) is 13.2 Å². The first kappa shape index (κ1) is 19.9. The second kappa shape index (κ2) is 8.02. The maximum absolute atomic E-state index is 12.2. The van der Waals surface area contributed by atoms with Gasteiger partial charge in [-0.3, -0.25) is 0 Å². The fourth-order valence-electron chi connectivity index (χ4n) is 3.87.